The number of aromatic amines is 1. The van der Waals surface area contributed by atoms with Crippen LogP contribution in [0.5, 0.6) is 0 Å². The number of hydrogen-bond acceptors (Lipinski definition) is 6. The summed E-state index contributed by atoms with van der Waals surface area (Å²) in [5.74, 6) is 0.687. The third-order valence-electron chi connectivity index (χ3n) is 7.05. The van der Waals surface area contributed by atoms with Crippen LogP contribution in [0.2, 0.25) is 0 Å². The largest absolute Gasteiger partial charge is 0.376 e. The fraction of sp³-hybridized carbons (Fsp3) is 0.385. The van der Waals surface area contributed by atoms with E-state index < -0.39 is 0 Å². The molecule has 0 saturated carbocycles. The average molecular weight is 457 g/mol. The lowest BCUT2D eigenvalue weighted by atomic mass is 9.95. The van der Waals surface area contributed by atoms with Crippen LogP contribution in [0, 0.1) is 6.92 Å². The Bertz CT molecular complexity index is 1390. The maximum atomic E-state index is 13.4. The number of pyridine rings is 1. The maximum absolute atomic E-state index is 13.4. The molecule has 1 saturated heterocycles. The Morgan fingerprint density at radius 2 is 2.06 bits per heavy atom. The predicted molar refractivity (Wildman–Crippen MR) is 128 cm³/mol. The number of nitrogens with one attached hydrogen (secondary N) is 1. The number of H-pyrrole nitrogens is 1. The van der Waals surface area contributed by atoms with Crippen molar-refractivity contribution in [2.24, 2.45) is 0 Å². The summed E-state index contributed by atoms with van der Waals surface area (Å²) in [5, 5.41) is 13.8. The minimum Gasteiger partial charge on any atom is -0.376 e. The minimum atomic E-state index is -0.362. The number of nitrogens with zero attached hydrogens (tertiary/aromatic N) is 5. The van der Waals surface area contributed by atoms with Crippen molar-refractivity contribution >= 4 is 10.9 Å². The number of benzene rings is 2. The van der Waals surface area contributed by atoms with Crippen molar-refractivity contribution < 1.29 is 4.74 Å². The number of hydrogen-bond donors (Lipinski definition) is 1. The van der Waals surface area contributed by atoms with Gasteiger partial charge in [0.15, 0.2) is 5.82 Å². The molecule has 0 spiro atoms. The zero-order chi connectivity index (χ0) is 23.1. The van der Waals surface area contributed by atoms with Gasteiger partial charge in [0.05, 0.1) is 12.6 Å². The van der Waals surface area contributed by atoms with Crippen LogP contribution in [0.1, 0.15) is 47.0 Å². The molecular weight excluding hydrogens is 428 g/mol. The maximum Gasteiger partial charge on any atom is 0.253 e. The molecule has 2 aliphatic rings. The summed E-state index contributed by atoms with van der Waals surface area (Å²) in [6, 6.07) is 16.3. The van der Waals surface area contributed by atoms with Gasteiger partial charge in [-0.15, -0.1) is 5.10 Å². The molecule has 0 bridgehead atoms. The molecule has 1 N–H and O–H groups in total. The molecule has 4 heterocycles. The van der Waals surface area contributed by atoms with E-state index in [1.54, 1.807) is 0 Å². The summed E-state index contributed by atoms with van der Waals surface area (Å²) in [4.78, 5) is 18.9. The molecule has 174 valence electrons. The molecule has 8 heteroatoms. The van der Waals surface area contributed by atoms with Crippen LogP contribution in [0.15, 0.2) is 53.3 Å². The number of rotatable bonds is 5. The Balaban J connectivity index is 1.46. The van der Waals surface area contributed by atoms with Crippen LogP contribution in [-0.4, -0.2) is 49.3 Å². The van der Waals surface area contributed by atoms with Gasteiger partial charge in [-0.05, 0) is 70.8 Å². The van der Waals surface area contributed by atoms with Gasteiger partial charge in [0.25, 0.3) is 5.56 Å². The van der Waals surface area contributed by atoms with Gasteiger partial charge < -0.3 is 9.72 Å². The van der Waals surface area contributed by atoms with E-state index in [0.717, 1.165) is 55.4 Å². The fourth-order valence-corrected chi connectivity index (χ4v) is 5.29. The first-order chi connectivity index (χ1) is 16.7. The van der Waals surface area contributed by atoms with E-state index in [4.69, 9.17) is 4.74 Å². The lowest BCUT2D eigenvalue weighted by Gasteiger charge is -2.35. The van der Waals surface area contributed by atoms with Gasteiger partial charge in [-0.25, -0.2) is 4.68 Å². The molecule has 1 fully saturated rings. The molecule has 4 aromatic rings. The first-order valence-electron chi connectivity index (χ1n) is 12.0. The molecule has 2 aromatic heterocycles. The third-order valence-corrected chi connectivity index (χ3v) is 7.05. The highest BCUT2D eigenvalue weighted by molar-refractivity contribution is 5.79. The minimum absolute atomic E-state index is 0.0999. The van der Waals surface area contributed by atoms with Crippen molar-refractivity contribution in [1.29, 1.82) is 0 Å². The van der Waals surface area contributed by atoms with Gasteiger partial charge in [-0.3, -0.25) is 9.69 Å². The molecule has 0 aliphatic carbocycles. The molecule has 0 amide bonds. The number of tetrazole rings is 1. The molecule has 2 atom stereocenters. The van der Waals surface area contributed by atoms with Crippen molar-refractivity contribution in [3.05, 3.63) is 87.0 Å². The first-order valence-corrected chi connectivity index (χ1v) is 12.0. The molecule has 0 radical (unpaired) electrons. The molecule has 2 aromatic carbocycles. The van der Waals surface area contributed by atoms with Crippen LogP contribution in [0.4, 0.5) is 0 Å². The number of ether oxygens (including phenoxy) is 1. The Morgan fingerprint density at radius 3 is 2.91 bits per heavy atom. The molecule has 2 aliphatic heterocycles. The summed E-state index contributed by atoms with van der Waals surface area (Å²) in [7, 11) is 0. The predicted octanol–water partition coefficient (Wildman–Crippen LogP) is 3.15. The zero-order valence-corrected chi connectivity index (χ0v) is 19.3. The Hall–Kier alpha value is -3.36. The first kappa shape index (κ1) is 21.2. The van der Waals surface area contributed by atoms with E-state index in [1.807, 2.05) is 23.7 Å². The van der Waals surface area contributed by atoms with Crippen molar-refractivity contribution in [3.63, 3.8) is 0 Å². The standard InChI is InChI=1S/C26H28N6O2/c1-17-8-9-19-14-22(26(33)27-23(19)13-17)24(31-11-10-18-5-2-3-6-20(18)15-31)25-28-29-30-32(25)16-21-7-4-12-34-21/h2-3,5-6,8-9,13-14,21,24H,4,7,10-12,15-16H2,1H3,(H,27,33)/t21-,24+/m1/s1. The Kier molecular flexibility index (Phi) is 5.47. The molecule has 0 unspecified atom stereocenters. The zero-order valence-electron chi connectivity index (χ0n) is 19.3. The van der Waals surface area contributed by atoms with Gasteiger partial charge >= 0.3 is 0 Å². The normalized spacial score (nSPS) is 19.4. The third kappa shape index (κ3) is 3.93. The van der Waals surface area contributed by atoms with Crippen LogP contribution in [-0.2, 0) is 24.2 Å². The monoisotopic (exact) mass is 456 g/mol. The highest BCUT2D eigenvalue weighted by atomic mass is 16.5. The second kappa shape index (κ2) is 8.77. The number of aromatic nitrogens is 5. The fourth-order valence-electron chi connectivity index (χ4n) is 5.29. The second-order valence-corrected chi connectivity index (χ2v) is 9.39. The quantitative estimate of drug-likeness (QED) is 0.496. The van der Waals surface area contributed by atoms with Gasteiger partial charge in [0, 0.05) is 30.8 Å². The SMILES string of the molecule is Cc1ccc2cc([C@@H](c3nnnn3C[C@H]3CCCO3)N3CCc4ccccc4C3)c(=O)[nH]c2c1. The molecule has 6 rings (SSSR count). The van der Waals surface area contributed by atoms with Crippen molar-refractivity contribution in [1.82, 2.24) is 30.1 Å². The lowest BCUT2D eigenvalue weighted by Crippen LogP contribution is -2.39. The van der Waals surface area contributed by atoms with Gasteiger partial charge in [-0.2, -0.15) is 0 Å². The highest BCUT2D eigenvalue weighted by Gasteiger charge is 2.33. The Morgan fingerprint density at radius 1 is 1.18 bits per heavy atom. The summed E-state index contributed by atoms with van der Waals surface area (Å²) in [6.45, 7) is 4.95. The van der Waals surface area contributed by atoms with Gasteiger partial charge in [0.1, 0.15) is 6.04 Å². The molecular formula is C26H28N6O2. The number of fused-ring (bicyclic) bond motifs is 2. The number of aryl methyl sites for hydroxylation is 1. The van der Waals surface area contributed by atoms with Gasteiger partial charge in [-0.1, -0.05) is 36.4 Å². The van der Waals surface area contributed by atoms with E-state index in [-0.39, 0.29) is 17.7 Å². The van der Waals surface area contributed by atoms with E-state index >= 15 is 0 Å². The van der Waals surface area contributed by atoms with Crippen molar-refractivity contribution in [2.75, 3.05) is 13.2 Å². The van der Waals surface area contributed by atoms with Crippen molar-refractivity contribution in [3.8, 4) is 0 Å². The summed E-state index contributed by atoms with van der Waals surface area (Å²) < 4.78 is 7.69. The van der Waals surface area contributed by atoms with Crippen molar-refractivity contribution in [2.45, 2.75) is 51.4 Å². The van der Waals surface area contributed by atoms with Crippen LogP contribution >= 0.6 is 0 Å². The van der Waals surface area contributed by atoms with E-state index in [0.29, 0.717) is 17.9 Å². The lowest BCUT2D eigenvalue weighted by molar-refractivity contribution is 0.0904. The van der Waals surface area contributed by atoms with Crippen LogP contribution in [0.25, 0.3) is 10.9 Å². The second-order valence-electron chi connectivity index (χ2n) is 9.39. The topological polar surface area (TPSA) is 88.9 Å². The van der Waals surface area contributed by atoms with E-state index in [1.165, 1.54) is 11.1 Å². The highest BCUT2D eigenvalue weighted by Crippen LogP contribution is 2.32. The Labute approximate surface area is 197 Å². The molecule has 8 nitrogen and oxygen atoms in total. The summed E-state index contributed by atoms with van der Waals surface area (Å²) >= 11 is 0. The van der Waals surface area contributed by atoms with Gasteiger partial charge in [0.2, 0.25) is 0 Å². The van der Waals surface area contributed by atoms with Crippen LogP contribution in [0.3, 0.4) is 0 Å². The molecule has 34 heavy (non-hydrogen) atoms. The summed E-state index contributed by atoms with van der Waals surface area (Å²) in [5.41, 5.74) is 5.16. The van der Waals surface area contributed by atoms with E-state index in [9.17, 15) is 4.79 Å². The smallest absolute Gasteiger partial charge is 0.253 e. The summed E-state index contributed by atoms with van der Waals surface area (Å²) in [6.07, 6.45) is 3.07. The van der Waals surface area contributed by atoms with Crippen LogP contribution < -0.4 is 5.56 Å². The van der Waals surface area contributed by atoms with E-state index in [2.05, 4.69) is 61.8 Å². The average Bonchev–Trinajstić information content (AvgIpc) is 3.52.